The molecule has 1 spiro atoms. The summed E-state index contributed by atoms with van der Waals surface area (Å²) in [6.07, 6.45) is 19.4. The van der Waals surface area contributed by atoms with E-state index in [4.69, 9.17) is 4.74 Å². The third-order valence-corrected chi connectivity index (χ3v) is 9.22. The number of aliphatic hydroxyl groups excluding tert-OH is 2. The van der Waals surface area contributed by atoms with Crippen LogP contribution in [0.5, 0.6) is 0 Å². The van der Waals surface area contributed by atoms with Crippen molar-refractivity contribution in [3.63, 3.8) is 0 Å². The third kappa shape index (κ3) is 6.79. The normalized spacial score (nSPS) is 30.8. The molecule has 0 aliphatic heterocycles. The van der Waals surface area contributed by atoms with Crippen LogP contribution in [-0.4, -0.2) is 51.5 Å². The van der Waals surface area contributed by atoms with Gasteiger partial charge in [0.25, 0.3) is 0 Å². The first-order valence-corrected chi connectivity index (χ1v) is 15.5. The second-order valence-corrected chi connectivity index (χ2v) is 12.1. The zero-order valence-electron chi connectivity index (χ0n) is 23.9. The lowest BCUT2D eigenvalue weighted by atomic mass is 9.64. The maximum absolute atomic E-state index is 13.7. The summed E-state index contributed by atoms with van der Waals surface area (Å²) in [4.78, 5) is 26.6. The molecule has 6 heteroatoms. The van der Waals surface area contributed by atoms with E-state index in [0.29, 0.717) is 30.4 Å². The summed E-state index contributed by atoms with van der Waals surface area (Å²) in [6, 6.07) is 0. The van der Waals surface area contributed by atoms with Crippen molar-refractivity contribution >= 4 is 11.8 Å². The van der Waals surface area contributed by atoms with E-state index in [1.807, 2.05) is 0 Å². The fourth-order valence-corrected chi connectivity index (χ4v) is 7.01. The minimum absolute atomic E-state index is 0.144. The lowest BCUT2D eigenvalue weighted by Gasteiger charge is -2.46. The molecule has 0 radical (unpaired) electrons. The largest absolute Gasteiger partial charge is 0.454 e. The Morgan fingerprint density at radius 2 is 1.55 bits per heavy atom. The summed E-state index contributed by atoms with van der Waals surface area (Å²) in [5, 5.41) is 33.4. The van der Waals surface area contributed by atoms with Crippen LogP contribution in [0.3, 0.4) is 0 Å². The molecule has 0 heterocycles. The van der Waals surface area contributed by atoms with E-state index in [9.17, 15) is 24.9 Å². The zero-order valence-corrected chi connectivity index (χ0v) is 23.9. The highest BCUT2D eigenvalue weighted by Crippen LogP contribution is 2.57. The maximum atomic E-state index is 13.7. The van der Waals surface area contributed by atoms with Crippen LogP contribution < -0.4 is 0 Å². The van der Waals surface area contributed by atoms with Crippen LogP contribution in [0.1, 0.15) is 129 Å². The Morgan fingerprint density at radius 3 is 2.13 bits per heavy atom. The lowest BCUT2D eigenvalue weighted by Crippen LogP contribution is -2.63. The summed E-state index contributed by atoms with van der Waals surface area (Å²) >= 11 is 0. The standard InChI is InChI=1S/C32H52O6/c1-3-4-5-6-7-8-9-10-11-12-13-14-15-19-27(34)38-30-26(23-33)21-25-18-16-17-20-31(29(25)36)22-24(2)28(35)32(30,31)37/h21-22,25,28,30,33,35,37H,3-20,23H2,1-2H3/t25-,28+,30-,31-,32-/m1/s1. The molecule has 1 fully saturated rings. The van der Waals surface area contributed by atoms with E-state index in [2.05, 4.69) is 6.92 Å². The van der Waals surface area contributed by atoms with Gasteiger partial charge in [-0.2, -0.15) is 0 Å². The SMILES string of the molecule is CCCCCCCCCCCCCCCC(=O)O[C@@H]1C(CO)=C[C@H]2CCCC[C@@]3(C=C(C)[C@H](O)[C@@]13O)C2=O. The van der Waals surface area contributed by atoms with Crippen LogP contribution in [-0.2, 0) is 14.3 Å². The molecule has 3 rings (SSSR count). The summed E-state index contributed by atoms with van der Waals surface area (Å²) in [7, 11) is 0. The number of ketones is 1. The highest BCUT2D eigenvalue weighted by Gasteiger charge is 2.69. The average Bonchev–Trinajstić information content (AvgIpc) is 2.98. The molecule has 3 aliphatic carbocycles. The van der Waals surface area contributed by atoms with Crippen molar-refractivity contribution in [3.8, 4) is 0 Å². The Balaban J connectivity index is 1.49. The smallest absolute Gasteiger partial charge is 0.306 e. The molecular weight excluding hydrogens is 480 g/mol. The topological polar surface area (TPSA) is 104 Å². The van der Waals surface area contributed by atoms with Crippen molar-refractivity contribution < 1.29 is 29.6 Å². The number of aliphatic hydroxyl groups is 3. The number of Topliss-reactive ketones (excluding diaryl/α,β-unsaturated/α-hetero) is 1. The van der Waals surface area contributed by atoms with Crippen LogP contribution >= 0.6 is 0 Å². The third-order valence-electron chi connectivity index (χ3n) is 9.22. The second kappa shape index (κ2) is 14.8. The summed E-state index contributed by atoms with van der Waals surface area (Å²) < 4.78 is 5.85. The molecule has 0 aromatic carbocycles. The van der Waals surface area contributed by atoms with Gasteiger partial charge in [-0.1, -0.05) is 109 Å². The van der Waals surface area contributed by atoms with Crippen molar-refractivity contribution in [2.45, 2.75) is 147 Å². The number of hydrogen-bond acceptors (Lipinski definition) is 6. The van der Waals surface area contributed by atoms with Gasteiger partial charge in [-0.3, -0.25) is 9.59 Å². The van der Waals surface area contributed by atoms with Gasteiger partial charge in [-0.05, 0) is 37.3 Å². The molecule has 0 aromatic heterocycles. The van der Waals surface area contributed by atoms with Gasteiger partial charge in [-0.25, -0.2) is 0 Å². The van der Waals surface area contributed by atoms with E-state index in [1.54, 1.807) is 19.1 Å². The highest BCUT2D eigenvalue weighted by molar-refractivity contribution is 5.94. The van der Waals surface area contributed by atoms with Crippen molar-refractivity contribution in [2.24, 2.45) is 11.3 Å². The number of carbonyl (C=O) groups excluding carboxylic acids is 2. The summed E-state index contributed by atoms with van der Waals surface area (Å²) in [5.41, 5.74) is -2.49. The first-order valence-electron chi connectivity index (χ1n) is 15.5. The van der Waals surface area contributed by atoms with Crippen LogP contribution in [0.25, 0.3) is 0 Å². The molecule has 0 unspecified atom stereocenters. The Labute approximate surface area is 229 Å². The van der Waals surface area contributed by atoms with Gasteiger partial charge in [0, 0.05) is 12.3 Å². The number of unbranched alkanes of at least 4 members (excludes halogenated alkanes) is 12. The Kier molecular flexibility index (Phi) is 12.1. The van der Waals surface area contributed by atoms with Gasteiger partial charge in [0.15, 0.2) is 17.5 Å². The minimum Gasteiger partial charge on any atom is -0.454 e. The number of ether oxygens (including phenoxy) is 1. The van der Waals surface area contributed by atoms with Crippen LogP contribution in [0, 0.1) is 11.3 Å². The first kappa shape index (κ1) is 31.0. The van der Waals surface area contributed by atoms with Crippen molar-refractivity contribution in [1.29, 1.82) is 0 Å². The fraction of sp³-hybridized carbons (Fsp3) is 0.812. The molecule has 5 atom stereocenters. The fourth-order valence-electron chi connectivity index (χ4n) is 7.01. The molecule has 1 saturated carbocycles. The predicted molar refractivity (Wildman–Crippen MR) is 149 cm³/mol. The highest BCUT2D eigenvalue weighted by atomic mass is 16.6. The van der Waals surface area contributed by atoms with Crippen molar-refractivity contribution in [2.75, 3.05) is 6.61 Å². The molecule has 2 bridgehead atoms. The van der Waals surface area contributed by atoms with Gasteiger partial charge in [0.2, 0.25) is 0 Å². The molecule has 3 N–H and O–H groups in total. The summed E-state index contributed by atoms with van der Waals surface area (Å²) in [6.45, 7) is 3.51. The molecular formula is C32H52O6. The number of allylic oxidation sites excluding steroid dienone is 1. The Morgan fingerprint density at radius 1 is 0.974 bits per heavy atom. The van der Waals surface area contributed by atoms with Crippen molar-refractivity contribution in [1.82, 2.24) is 0 Å². The van der Waals surface area contributed by atoms with E-state index >= 15 is 0 Å². The van der Waals surface area contributed by atoms with Gasteiger partial charge >= 0.3 is 5.97 Å². The zero-order chi connectivity index (χ0) is 27.6. The van der Waals surface area contributed by atoms with Gasteiger partial charge in [-0.15, -0.1) is 0 Å². The molecule has 3 aliphatic rings. The molecule has 0 aromatic rings. The first-order chi connectivity index (χ1) is 18.3. The second-order valence-electron chi connectivity index (χ2n) is 12.1. The lowest BCUT2D eigenvalue weighted by molar-refractivity contribution is -0.197. The number of esters is 1. The Hall–Kier alpha value is -1.50. The quantitative estimate of drug-likeness (QED) is 0.126. The molecule has 0 amide bonds. The number of rotatable bonds is 16. The predicted octanol–water partition coefficient (Wildman–Crippen LogP) is 6.11. The molecule has 0 saturated heterocycles. The van der Waals surface area contributed by atoms with E-state index in [0.717, 1.165) is 25.7 Å². The average molecular weight is 533 g/mol. The van der Waals surface area contributed by atoms with Crippen LogP contribution in [0.4, 0.5) is 0 Å². The molecule has 216 valence electrons. The minimum atomic E-state index is -2.01. The Bertz CT molecular complexity index is 847. The number of fused-ring (bicyclic) bond motifs is 1. The monoisotopic (exact) mass is 532 g/mol. The van der Waals surface area contributed by atoms with Crippen LogP contribution in [0.2, 0.25) is 0 Å². The van der Waals surface area contributed by atoms with Gasteiger partial charge in [0.1, 0.15) is 6.10 Å². The van der Waals surface area contributed by atoms with Crippen molar-refractivity contribution in [3.05, 3.63) is 23.3 Å². The van der Waals surface area contributed by atoms with Crippen LogP contribution in [0.15, 0.2) is 23.3 Å². The van der Waals surface area contributed by atoms with E-state index in [1.165, 1.54) is 64.2 Å². The number of hydrogen-bond donors (Lipinski definition) is 3. The molecule has 6 nitrogen and oxygen atoms in total. The van der Waals surface area contributed by atoms with E-state index in [-0.39, 0.29) is 12.2 Å². The van der Waals surface area contributed by atoms with Gasteiger partial charge < -0.3 is 20.1 Å². The van der Waals surface area contributed by atoms with Gasteiger partial charge in [0.05, 0.1) is 12.0 Å². The maximum Gasteiger partial charge on any atom is 0.306 e. The number of carbonyl (C=O) groups is 2. The summed E-state index contributed by atoms with van der Waals surface area (Å²) in [5.74, 6) is -1.07. The van der Waals surface area contributed by atoms with E-state index < -0.39 is 41.7 Å². The molecule has 38 heavy (non-hydrogen) atoms.